The molecule has 0 aliphatic heterocycles. The fourth-order valence-electron chi connectivity index (χ4n) is 3.77. The van der Waals surface area contributed by atoms with Crippen LogP contribution in [0.3, 0.4) is 0 Å². The molecule has 2 aromatic heterocycles. The summed E-state index contributed by atoms with van der Waals surface area (Å²) >= 11 is 0. The summed E-state index contributed by atoms with van der Waals surface area (Å²) in [6, 6.07) is 19.9. The molecule has 0 amide bonds. The Kier molecular flexibility index (Phi) is 11.1. The molecule has 0 spiro atoms. The van der Waals surface area contributed by atoms with Crippen molar-refractivity contribution in [3.8, 4) is 34.3 Å². The van der Waals surface area contributed by atoms with E-state index in [1.807, 2.05) is 86.7 Å². The van der Waals surface area contributed by atoms with Crippen LogP contribution in [-0.4, -0.2) is 33.1 Å². The highest BCUT2D eigenvalue weighted by molar-refractivity contribution is 5.81. The van der Waals surface area contributed by atoms with Gasteiger partial charge in [0.25, 0.3) is 0 Å². The van der Waals surface area contributed by atoms with Gasteiger partial charge in [0.1, 0.15) is 23.1 Å². The van der Waals surface area contributed by atoms with Crippen molar-refractivity contribution in [1.82, 2.24) is 19.9 Å². The van der Waals surface area contributed by atoms with E-state index in [0.717, 1.165) is 56.4 Å². The molecule has 0 aliphatic rings. The van der Waals surface area contributed by atoms with Gasteiger partial charge >= 0.3 is 0 Å². The molecule has 38 heavy (non-hydrogen) atoms. The molecule has 3 aromatic carbocycles. The van der Waals surface area contributed by atoms with Crippen LogP contribution in [-0.2, 0) is 0 Å². The van der Waals surface area contributed by atoms with E-state index in [9.17, 15) is 0 Å². The van der Waals surface area contributed by atoms with Crippen LogP contribution < -0.4 is 9.47 Å². The zero-order chi connectivity index (χ0) is 25.3. The highest BCUT2D eigenvalue weighted by Gasteiger charge is 2.11. The van der Waals surface area contributed by atoms with Gasteiger partial charge in [-0.2, -0.15) is 0 Å². The smallest absolute Gasteiger partial charge is 0.142 e. The summed E-state index contributed by atoms with van der Waals surface area (Å²) in [7, 11) is 0. The number of hydrogen-bond acceptors (Lipinski definition) is 4. The summed E-state index contributed by atoms with van der Waals surface area (Å²) < 4.78 is 11.3. The quantitative estimate of drug-likeness (QED) is 0.219. The van der Waals surface area contributed by atoms with Crippen LogP contribution in [0.15, 0.2) is 86.2 Å². The molecule has 5 rings (SSSR count). The molecule has 0 fully saturated rings. The minimum Gasteiger partial charge on any atom is -0.493 e. The number of nitrogens with one attached hydrogen (secondary N) is 2. The number of H-pyrrole nitrogens is 2. The van der Waals surface area contributed by atoms with Gasteiger partial charge in [0, 0.05) is 12.4 Å². The van der Waals surface area contributed by atoms with Crippen LogP contribution in [0, 0.1) is 0 Å². The topological polar surface area (TPSA) is 75.8 Å². The van der Waals surface area contributed by atoms with Gasteiger partial charge in [-0.25, -0.2) is 9.97 Å². The van der Waals surface area contributed by atoms with Crippen molar-refractivity contribution in [2.24, 2.45) is 0 Å². The minimum absolute atomic E-state index is 0. The Morgan fingerprint density at radius 3 is 1.87 bits per heavy atom. The Labute approximate surface area is 226 Å². The first-order valence-corrected chi connectivity index (χ1v) is 11.9. The van der Waals surface area contributed by atoms with E-state index in [2.05, 4.69) is 33.1 Å². The van der Waals surface area contributed by atoms with Crippen molar-refractivity contribution in [3.05, 3.63) is 97.3 Å². The van der Waals surface area contributed by atoms with Crippen molar-refractivity contribution < 1.29 is 9.47 Å². The Morgan fingerprint density at radius 1 is 0.789 bits per heavy atom. The predicted molar refractivity (Wildman–Crippen MR) is 162 cm³/mol. The Balaban J connectivity index is 0.000000259. The molecular formula is C32H38N4O2. The van der Waals surface area contributed by atoms with Gasteiger partial charge in [0.05, 0.1) is 35.4 Å². The zero-order valence-electron chi connectivity index (χ0n) is 20.6. The predicted octanol–water partition coefficient (Wildman–Crippen LogP) is 8.66. The zero-order valence-corrected chi connectivity index (χ0v) is 20.6. The Bertz CT molecular complexity index is 1420. The maximum absolute atomic E-state index is 5.69. The van der Waals surface area contributed by atoms with Crippen molar-refractivity contribution in [1.29, 1.82) is 0 Å². The van der Waals surface area contributed by atoms with E-state index in [-0.39, 0.29) is 14.9 Å². The maximum atomic E-state index is 5.69. The molecule has 0 unspecified atom stereocenters. The number of hydrogen-bond donors (Lipinski definition) is 2. The summed E-state index contributed by atoms with van der Waals surface area (Å²) in [5.74, 6) is 3.30. The molecule has 0 bridgehead atoms. The van der Waals surface area contributed by atoms with Crippen LogP contribution >= 0.6 is 0 Å². The second-order valence-corrected chi connectivity index (χ2v) is 7.83. The average molecular weight is 511 g/mol. The number of ether oxygens (including phenoxy) is 2. The fraction of sp³-hybridized carbons (Fsp3) is 0.188. The van der Waals surface area contributed by atoms with Crippen LogP contribution in [0.5, 0.6) is 11.5 Å². The molecule has 0 atom stereocenters. The molecule has 0 saturated heterocycles. The van der Waals surface area contributed by atoms with Crippen LogP contribution in [0.1, 0.15) is 39.8 Å². The highest BCUT2D eigenvalue weighted by atomic mass is 16.5. The molecule has 198 valence electrons. The first kappa shape index (κ1) is 29.6. The van der Waals surface area contributed by atoms with E-state index in [1.54, 1.807) is 12.4 Å². The van der Waals surface area contributed by atoms with Gasteiger partial charge in [-0.1, -0.05) is 64.4 Å². The standard InChI is InChI=1S/C17H16N2O.C13H14N2O.2CH4/c1-3-12-9-10-16(20-4-2)13(11-12)17-18-14-7-5-6-8-15(14)19-17;1-3-10-5-6-12(16-4-2)11(9-10)13-14-7-8-15-13;;/h3,5-11H,1,4H2,2H3,(H,18,19);3,5-9H,1,4H2,2H3,(H,14,15);2*1H4. The molecule has 6 nitrogen and oxygen atoms in total. The normalized spacial score (nSPS) is 9.84. The number of imidazole rings is 2. The lowest BCUT2D eigenvalue weighted by molar-refractivity contribution is 0.341. The summed E-state index contributed by atoms with van der Waals surface area (Å²) in [5.41, 5.74) is 5.99. The van der Waals surface area contributed by atoms with Gasteiger partial charge in [-0.05, 0) is 61.4 Å². The second-order valence-electron chi connectivity index (χ2n) is 7.83. The highest BCUT2D eigenvalue weighted by Crippen LogP contribution is 2.31. The van der Waals surface area contributed by atoms with Gasteiger partial charge in [-0.3, -0.25) is 0 Å². The summed E-state index contributed by atoms with van der Waals surface area (Å²) in [6.07, 6.45) is 7.15. The van der Waals surface area contributed by atoms with Gasteiger partial charge in [-0.15, -0.1) is 0 Å². The summed E-state index contributed by atoms with van der Waals surface area (Å²) in [4.78, 5) is 15.3. The number of nitrogens with zero attached hydrogens (tertiary/aromatic N) is 2. The number of para-hydroxylation sites is 2. The fourth-order valence-corrected chi connectivity index (χ4v) is 3.77. The lowest BCUT2D eigenvalue weighted by Crippen LogP contribution is -1.95. The lowest BCUT2D eigenvalue weighted by Gasteiger charge is -2.09. The molecule has 0 aliphatic carbocycles. The van der Waals surface area contributed by atoms with E-state index in [1.165, 1.54) is 0 Å². The lowest BCUT2D eigenvalue weighted by atomic mass is 10.1. The first-order valence-electron chi connectivity index (χ1n) is 11.9. The number of rotatable bonds is 8. The molecule has 0 radical (unpaired) electrons. The number of benzene rings is 3. The van der Waals surface area contributed by atoms with Crippen molar-refractivity contribution in [3.63, 3.8) is 0 Å². The van der Waals surface area contributed by atoms with Crippen LogP contribution in [0.4, 0.5) is 0 Å². The van der Waals surface area contributed by atoms with Gasteiger partial charge in [0.2, 0.25) is 0 Å². The maximum Gasteiger partial charge on any atom is 0.142 e. The number of aromatic amines is 2. The second kappa shape index (κ2) is 14.2. The molecule has 2 N–H and O–H groups in total. The van der Waals surface area contributed by atoms with E-state index in [0.29, 0.717) is 13.2 Å². The third-order valence-corrected chi connectivity index (χ3v) is 5.48. The van der Waals surface area contributed by atoms with Crippen molar-refractivity contribution in [2.45, 2.75) is 28.7 Å². The molecule has 2 heterocycles. The third-order valence-electron chi connectivity index (χ3n) is 5.48. The van der Waals surface area contributed by atoms with Gasteiger partial charge in [0.15, 0.2) is 0 Å². The Morgan fingerprint density at radius 2 is 1.37 bits per heavy atom. The van der Waals surface area contributed by atoms with Crippen molar-refractivity contribution >= 4 is 23.2 Å². The largest absolute Gasteiger partial charge is 0.493 e. The van der Waals surface area contributed by atoms with Crippen molar-refractivity contribution in [2.75, 3.05) is 13.2 Å². The van der Waals surface area contributed by atoms with Crippen LogP contribution in [0.2, 0.25) is 0 Å². The van der Waals surface area contributed by atoms with Gasteiger partial charge < -0.3 is 19.4 Å². The first-order chi connectivity index (χ1) is 17.7. The monoisotopic (exact) mass is 510 g/mol. The van der Waals surface area contributed by atoms with E-state index < -0.39 is 0 Å². The SMILES string of the molecule is C.C.C=Cc1ccc(OCC)c(-c2nc3ccccc3[nH]2)c1.C=Cc1ccc(OCC)c(-c2ncc[nH]2)c1. The minimum atomic E-state index is 0. The number of aromatic nitrogens is 4. The third kappa shape index (κ3) is 6.79. The Hall–Kier alpha value is -4.58. The van der Waals surface area contributed by atoms with Crippen LogP contribution in [0.25, 0.3) is 46.0 Å². The summed E-state index contributed by atoms with van der Waals surface area (Å²) in [5, 5.41) is 0. The molecule has 6 heteroatoms. The number of fused-ring (bicyclic) bond motifs is 1. The van der Waals surface area contributed by atoms with E-state index in [4.69, 9.17) is 9.47 Å². The molecule has 0 saturated carbocycles. The van der Waals surface area contributed by atoms with E-state index >= 15 is 0 Å². The summed E-state index contributed by atoms with van der Waals surface area (Å²) in [6.45, 7) is 12.8. The molecular weight excluding hydrogens is 472 g/mol. The average Bonchev–Trinajstić information content (AvgIpc) is 3.60. The molecule has 5 aromatic rings.